The van der Waals surface area contributed by atoms with E-state index in [4.69, 9.17) is 24.9 Å². The Bertz CT molecular complexity index is 3250. The summed E-state index contributed by atoms with van der Waals surface area (Å²) in [7, 11) is 0. The highest BCUT2D eigenvalue weighted by atomic mass is 15.0. The van der Waals surface area contributed by atoms with Crippen LogP contribution in [0.25, 0.3) is 111 Å². The van der Waals surface area contributed by atoms with Crippen molar-refractivity contribution in [3.05, 3.63) is 200 Å². The molecule has 0 bridgehead atoms. The Morgan fingerprint density at radius 2 is 0.776 bits per heavy atom. The highest BCUT2D eigenvalue weighted by Crippen LogP contribution is 2.39. The molecule has 3 aromatic heterocycles. The van der Waals surface area contributed by atoms with Crippen LogP contribution in [-0.2, 0) is 0 Å². The molecule has 0 aliphatic carbocycles. The van der Waals surface area contributed by atoms with E-state index in [0.717, 1.165) is 82.9 Å². The number of fused-ring (bicyclic) bond motifs is 6. The van der Waals surface area contributed by atoms with Gasteiger partial charge in [-0.15, -0.1) is 0 Å². The SMILES string of the molecule is c1ccc(-c2nc(-c3ccccc3)nc(-c3ccc(-c4ccc5c(c4)nc(-c4ccccc4)c4c6ccc(-c7ccc8ccccc8c7)nc6ccc54)cc3)n2)cc1. The van der Waals surface area contributed by atoms with Crippen molar-refractivity contribution in [3.63, 3.8) is 0 Å². The summed E-state index contributed by atoms with van der Waals surface area (Å²) in [6.45, 7) is 0. The van der Waals surface area contributed by atoms with Crippen molar-refractivity contribution in [1.82, 2.24) is 24.9 Å². The van der Waals surface area contributed by atoms with Gasteiger partial charge in [0.15, 0.2) is 17.5 Å². The molecule has 0 spiro atoms. The summed E-state index contributed by atoms with van der Waals surface area (Å²) < 4.78 is 0. The van der Waals surface area contributed by atoms with Crippen LogP contribution in [0.1, 0.15) is 0 Å². The van der Waals surface area contributed by atoms with E-state index in [9.17, 15) is 0 Å². The minimum absolute atomic E-state index is 0.629. The van der Waals surface area contributed by atoms with E-state index in [-0.39, 0.29) is 0 Å². The standard InChI is InChI=1S/C53H33N5/c1-4-13-36(14-5-1)50-49-44(28-31-47-45(49)29-30-46(54-47)42-25-22-34-12-10-11-19-40(34)32-42)43-27-26-41(33-48(43)55-50)35-20-23-39(24-21-35)53-57-51(37-15-6-2-7-16-37)56-52(58-53)38-17-8-3-9-18-38/h1-33H. The normalized spacial score (nSPS) is 11.4. The van der Waals surface area contributed by atoms with Crippen molar-refractivity contribution in [2.24, 2.45) is 0 Å². The molecule has 0 fully saturated rings. The largest absolute Gasteiger partial charge is 0.248 e. The Hall–Kier alpha value is -7.89. The zero-order chi connectivity index (χ0) is 38.4. The number of pyridine rings is 2. The molecule has 0 saturated heterocycles. The Morgan fingerprint density at radius 1 is 0.259 bits per heavy atom. The molecular formula is C53H33N5. The predicted molar refractivity (Wildman–Crippen MR) is 238 cm³/mol. The van der Waals surface area contributed by atoms with Crippen LogP contribution in [0.2, 0.25) is 0 Å². The maximum atomic E-state index is 5.41. The van der Waals surface area contributed by atoms with Crippen molar-refractivity contribution < 1.29 is 0 Å². The lowest BCUT2D eigenvalue weighted by Crippen LogP contribution is -2.00. The van der Waals surface area contributed by atoms with Crippen molar-refractivity contribution in [2.75, 3.05) is 0 Å². The summed E-state index contributed by atoms with van der Waals surface area (Å²) >= 11 is 0. The molecule has 8 aromatic carbocycles. The highest BCUT2D eigenvalue weighted by molar-refractivity contribution is 6.21. The molecule has 0 aliphatic heterocycles. The van der Waals surface area contributed by atoms with Crippen LogP contribution in [-0.4, -0.2) is 24.9 Å². The topological polar surface area (TPSA) is 64.5 Å². The molecule has 0 unspecified atom stereocenters. The number of hydrogen-bond acceptors (Lipinski definition) is 5. The van der Waals surface area contributed by atoms with Crippen LogP contribution in [0, 0.1) is 0 Å². The lowest BCUT2D eigenvalue weighted by atomic mass is 9.94. The molecule has 0 saturated carbocycles. The Labute approximate surface area is 335 Å². The Morgan fingerprint density at radius 3 is 1.45 bits per heavy atom. The first-order chi connectivity index (χ1) is 28.7. The van der Waals surface area contributed by atoms with Crippen molar-refractivity contribution in [1.29, 1.82) is 0 Å². The lowest BCUT2D eigenvalue weighted by molar-refractivity contribution is 1.07. The Kier molecular flexibility index (Phi) is 8.07. The van der Waals surface area contributed by atoms with Gasteiger partial charge in [0.05, 0.1) is 22.4 Å². The Balaban J connectivity index is 1.00. The van der Waals surface area contributed by atoms with Crippen molar-refractivity contribution in [3.8, 4) is 67.8 Å². The van der Waals surface area contributed by atoms with E-state index < -0.39 is 0 Å². The molecule has 0 radical (unpaired) electrons. The molecule has 0 atom stereocenters. The van der Waals surface area contributed by atoms with E-state index in [1.165, 1.54) is 10.8 Å². The van der Waals surface area contributed by atoms with Crippen LogP contribution in [0.15, 0.2) is 200 Å². The smallest absolute Gasteiger partial charge is 0.164 e. The van der Waals surface area contributed by atoms with E-state index in [1.807, 2.05) is 66.7 Å². The zero-order valence-corrected chi connectivity index (χ0v) is 31.3. The zero-order valence-electron chi connectivity index (χ0n) is 31.3. The third kappa shape index (κ3) is 6.03. The van der Waals surface area contributed by atoms with E-state index in [1.54, 1.807) is 0 Å². The third-order valence-corrected chi connectivity index (χ3v) is 10.9. The van der Waals surface area contributed by atoms with Gasteiger partial charge in [0, 0.05) is 44.0 Å². The third-order valence-electron chi connectivity index (χ3n) is 10.9. The number of rotatable bonds is 6. The summed E-state index contributed by atoms with van der Waals surface area (Å²) in [5, 5.41) is 6.86. The predicted octanol–water partition coefficient (Wildman–Crippen LogP) is 13.3. The van der Waals surface area contributed by atoms with Gasteiger partial charge in [0.1, 0.15) is 0 Å². The van der Waals surface area contributed by atoms with Gasteiger partial charge >= 0.3 is 0 Å². The summed E-state index contributed by atoms with van der Waals surface area (Å²) in [5.41, 5.74) is 10.9. The molecule has 5 nitrogen and oxygen atoms in total. The lowest BCUT2D eigenvalue weighted by Gasteiger charge is -2.14. The first-order valence-electron chi connectivity index (χ1n) is 19.4. The van der Waals surface area contributed by atoms with Crippen molar-refractivity contribution >= 4 is 43.4 Å². The quantitative estimate of drug-likeness (QED) is 0.159. The average Bonchev–Trinajstić information content (AvgIpc) is 3.31. The van der Waals surface area contributed by atoms with Crippen LogP contribution >= 0.6 is 0 Å². The van der Waals surface area contributed by atoms with Crippen LogP contribution in [0.5, 0.6) is 0 Å². The first-order valence-corrected chi connectivity index (χ1v) is 19.4. The van der Waals surface area contributed by atoms with Gasteiger partial charge in [0.25, 0.3) is 0 Å². The van der Waals surface area contributed by atoms with Crippen LogP contribution in [0.4, 0.5) is 0 Å². The van der Waals surface area contributed by atoms with E-state index >= 15 is 0 Å². The average molecular weight is 740 g/mol. The summed E-state index contributed by atoms with van der Waals surface area (Å²) in [4.78, 5) is 25.3. The van der Waals surface area contributed by atoms with Gasteiger partial charge in [-0.05, 0) is 57.6 Å². The molecule has 11 rings (SSSR count). The maximum Gasteiger partial charge on any atom is 0.164 e. The fraction of sp³-hybridized carbons (Fsp3) is 0. The molecule has 0 amide bonds. The molecule has 5 heteroatoms. The first kappa shape index (κ1) is 33.4. The van der Waals surface area contributed by atoms with Gasteiger partial charge in [0.2, 0.25) is 0 Å². The summed E-state index contributed by atoms with van der Waals surface area (Å²) in [6, 6.07) is 69.3. The number of nitrogens with zero attached hydrogens (tertiary/aromatic N) is 5. The second-order valence-corrected chi connectivity index (χ2v) is 14.5. The maximum absolute atomic E-state index is 5.41. The van der Waals surface area contributed by atoms with Gasteiger partial charge in [-0.25, -0.2) is 24.9 Å². The summed E-state index contributed by atoms with van der Waals surface area (Å²) in [5.74, 6) is 1.92. The number of hydrogen-bond donors (Lipinski definition) is 0. The molecule has 58 heavy (non-hydrogen) atoms. The monoisotopic (exact) mass is 739 g/mol. The number of aromatic nitrogens is 5. The minimum atomic E-state index is 0.629. The van der Waals surface area contributed by atoms with Gasteiger partial charge in [-0.1, -0.05) is 170 Å². The van der Waals surface area contributed by atoms with Gasteiger partial charge in [-0.3, -0.25) is 0 Å². The fourth-order valence-electron chi connectivity index (χ4n) is 7.96. The molecule has 270 valence electrons. The van der Waals surface area contributed by atoms with E-state index in [0.29, 0.717) is 17.5 Å². The van der Waals surface area contributed by atoms with Crippen LogP contribution in [0.3, 0.4) is 0 Å². The van der Waals surface area contributed by atoms with Crippen molar-refractivity contribution in [2.45, 2.75) is 0 Å². The highest BCUT2D eigenvalue weighted by Gasteiger charge is 2.17. The molecule has 11 aromatic rings. The second kappa shape index (κ2) is 14.0. The molecule has 0 aliphatic rings. The van der Waals surface area contributed by atoms with Gasteiger partial charge < -0.3 is 0 Å². The van der Waals surface area contributed by atoms with E-state index in [2.05, 4.69) is 133 Å². The molecule has 0 N–H and O–H groups in total. The fourth-order valence-corrected chi connectivity index (χ4v) is 7.96. The van der Waals surface area contributed by atoms with Crippen LogP contribution < -0.4 is 0 Å². The minimum Gasteiger partial charge on any atom is -0.248 e. The summed E-state index contributed by atoms with van der Waals surface area (Å²) in [6.07, 6.45) is 0. The van der Waals surface area contributed by atoms with Gasteiger partial charge in [-0.2, -0.15) is 0 Å². The number of benzene rings is 8. The molecule has 3 heterocycles. The molecular weight excluding hydrogens is 707 g/mol. The second-order valence-electron chi connectivity index (χ2n) is 14.5.